The van der Waals surface area contributed by atoms with Crippen LogP contribution in [0.4, 0.5) is 5.69 Å². The number of Topliss-reactive ketones (excluding diaryl/α,β-unsaturated/α-hetero) is 1. The minimum Gasteiger partial charge on any atom is -0.292 e. The van der Waals surface area contributed by atoms with Gasteiger partial charge in [-0.3, -0.25) is 9.79 Å². The van der Waals surface area contributed by atoms with Gasteiger partial charge in [0.05, 0.1) is 17.1 Å². The molecule has 25 heavy (non-hydrogen) atoms. The van der Waals surface area contributed by atoms with Gasteiger partial charge in [0.25, 0.3) is 0 Å². The molecule has 2 rings (SSSR count). The second-order valence-electron chi connectivity index (χ2n) is 6.98. The van der Waals surface area contributed by atoms with E-state index in [-0.39, 0.29) is 5.78 Å². The van der Waals surface area contributed by atoms with Gasteiger partial charge in [-0.1, -0.05) is 58.9 Å². The van der Waals surface area contributed by atoms with Crippen LogP contribution in [0.3, 0.4) is 0 Å². The number of benzene rings is 1. The molecule has 0 bridgehead atoms. The Morgan fingerprint density at radius 3 is 2.00 bits per heavy atom. The summed E-state index contributed by atoms with van der Waals surface area (Å²) in [6.45, 7) is 12.6. The Morgan fingerprint density at radius 1 is 0.960 bits per heavy atom. The van der Waals surface area contributed by atoms with Crippen LogP contribution in [0, 0.1) is 0 Å². The number of pyridine rings is 1. The molecular formula is C22H28N2O. The third-order valence-electron chi connectivity index (χ3n) is 4.35. The van der Waals surface area contributed by atoms with E-state index in [1.807, 2.05) is 26.0 Å². The molecule has 0 fully saturated rings. The van der Waals surface area contributed by atoms with Crippen molar-refractivity contribution in [3.8, 4) is 0 Å². The number of ketones is 1. The predicted octanol–water partition coefficient (Wildman–Crippen LogP) is 6.06. The van der Waals surface area contributed by atoms with Gasteiger partial charge in [0.2, 0.25) is 0 Å². The maximum absolute atomic E-state index is 11.9. The van der Waals surface area contributed by atoms with Crippen LogP contribution in [0.5, 0.6) is 0 Å². The predicted molar refractivity (Wildman–Crippen MR) is 105 cm³/mol. The normalized spacial score (nSPS) is 12.1. The summed E-state index contributed by atoms with van der Waals surface area (Å²) in [5, 5.41) is 0. The first kappa shape index (κ1) is 19.0. The standard InChI is InChI=1S/C22H28N2O/c1-7-21(25)20-13-9-12-19(24-20)16(6)23-22-17(14(2)3)10-8-11-18(22)15(4)5/h8-15H,7H2,1-6H3/b23-16+. The molecule has 132 valence electrons. The molecule has 0 aliphatic carbocycles. The van der Waals surface area contributed by atoms with E-state index in [9.17, 15) is 4.79 Å². The molecule has 0 saturated heterocycles. The second-order valence-corrected chi connectivity index (χ2v) is 6.98. The lowest BCUT2D eigenvalue weighted by Crippen LogP contribution is -2.06. The van der Waals surface area contributed by atoms with E-state index in [0.29, 0.717) is 24.0 Å². The topological polar surface area (TPSA) is 42.3 Å². The van der Waals surface area contributed by atoms with E-state index in [1.165, 1.54) is 11.1 Å². The van der Waals surface area contributed by atoms with Gasteiger partial charge in [0, 0.05) is 6.42 Å². The van der Waals surface area contributed by atoms with Crippen LogP contribution in [0.2, 0.25) is 0 Å². The Labute approximate surface area is 151 Å². The van der Waals surface area contributed by atoms with E-state index in [0.717, 1.165) is 17.1 Å². The minimum atomic E-state index is 0.0556. The maximum Gasteiger partial charge on any atom is 0.180 e. The number of para-hydroxylation sites is 1. The van der Waals surface area contributed by atoms with Crippen LogP contribution < -0.4 is 0 Å². The third-order valence-corrected chi connectivity index (χ3v) is 4.35. The van der Waals surface area contributed by atoms with Gasteiger partial charge in [-0.25, -0.2) is 4.98 Å². The van der Waals surface area contributed by atoms with Crippen molar-refractivity contribution >= 4 is 17.2 Å². The highest BCUT2D eigenvalue weighted by molar-refractivity contribution is 6.01. The number of aromatic nitrogens is 1. The molecule has 1 heterocycles. The fourth-order valence-electron chi connectivity index (χ4n) is 2.84. The van der Waals surface area contributed by atoms with Crippen molar-refractivity contribution in [2.75, 3.05) is 0 Å². The van der Waals surface area contributed by atoms with Crippen molar-refractivity contribution in [2.45, 2.75) is 59.8 Å². The van der Waals surface area contributed by atoms with Crippen LogP contribution in [-0.2, 0) is 0 Å². The molecule has 0 spiro atoms. The summed E-state index contributed by atoms with van der Waals surface area (Å²) in [4.78, 5) is 21.4. The molecule has 0 atom stereocenters. The van der Waals surface area contributed by atoms with Crippen molar-refractivity contribution in [1.29, 1.82) is 0 Å². The van der Waals surface area contributed by atoms with Gasteiger partial charge in [-0.2, -0.15) is 0 Å². The number of aliphatic imine (C=N–C) groups is 1. The van der Waals surface area contributed by atoms with Crippen LogP contribution in [-0.4, -0.2) is 16.5 Å². The summed E-state index contributed by atoms with van der Waals surface area (Å²) in [5.41, 5.74) is 5.63. The number of carbonyl (C=O) groups excluding carboxylic acids is 1. The Hall–Kier alpha value is -2.29. The number of hydrogen-bond acceptors (Lipinski definition) is 3. The highest BCUT2D eigenvalue weighted by Crippen LogP contribution is 2.35. The zero-order chi connectivity index (χ0) is 18.6. The van der Waals surface area contributed by atoms with E-state index in [2.05, 4.69) is 50.9 Å². The zero-order valence-corrected chi connectivity index (χ0v) is 16.1. The van der Waals surface area contributed by atoms with Gasteiger partial charge in [0.1, 0.15) is 5.69 Å². The van der Waals surface area contributed by atoms with E-state index in [1.54, 1.807) is 6.07 Å². The molecular weight excluding hydrogens is 308 g/mol. The maximum atomic E-state index is 11.9. The summed E-state index contributed by atoms with van der Waals surface area (Å²) < 4.78 is 0. The lowest BCUT2D eigenvalue weighted by atomic mass is 9.93. The van der Waals surface area contributed by atoms with Crippen LogP contribution in [0.15, 0.2) is 41.4 Å². The first-order valence-electron chi connectivity index (χ1n) is 9.03. The first-order chi connectivity index (χ1) is 11.8. The molecule has 3 nitrogen and oxygen atoms in total. The lowest BCUT2D eigenvalue weighted by Gasteiger charge is -2.17. The zero-order valence-electron chi connectivity index (χ0n) is 16.1. The largest absolute Gasteiger partial charge is 0.292 e. The summed E-state index contributed by atoms with van der Waals surface area (Å²) in [5.74, 6) is 0.845. The minimum absolute atomic E-state index is 0.0556. The SMILES string of the molecule is CCC(=O)c1cccc(/C(C)=N/c2c(C(C)C)cccc2C(C)C)n1. The second kappa shape index (κ2) is 8.19. The van der Waals surface area contributed by atoms with Crippen LogP contribution in [0.25, 0.3) is 0 Å². The van der Waals surface area contributed by atoms with Crippen molar-refractivity contribution in [1.82, 2.24) is 4.98 Å². The molecule has 0 radical (unpaired) electrons. The molecule has 0 aliphatic rings. The summed E-state index contributed by atoms with van der Waals surface area (Å²) in [7, 11) is 0. The molecule has 1 aromatic carbocycles. The van der Waals surface area contributed by atoms with Crippen molar-refractivity contribution in [3.05, 3.63) is 58.9 Å². The molecule has 2 aromatic rings. The molecule has 0 saturated carbocycles. The van der Waals surface area contributed by atoms with Gasteiger partial charge in [0.15, 0.2) is 5.78 Å². The van der Waals surface area contributed by atoms with Crippen LogP contribution >= 0.6 is 0 Å². The molecule has 0 amide bonds. The monoisotopic (exact) mass is 336 g/mol. The van der Waals surface area contributed by atoms with Crippen molar-refractivity contribution in [2.24, 2.45) is 4.99 Å². The number of nitrogens with zero attached hydrogens (tertiary/aromatic N) is 2. The number of carbonyl (C=O) groups is 1. The Kier molecular flexibility index (Phi) is 6.24. The lowest BCUT2D eigenvalue weighted by molar-refractivity contribution is 0.0983. The highest BCUT2D eigenvalue weighted by Gasteiger charge is 2.14. The van der Waals surface area contributed by atoms with Crippen molar-refractivity contribution in [3.63, 3.8) is 0 Å². The van der Waals surface area contributed by atoms with E-state index in [4.69, 9.17) is 4.99 Å². The molecule has 0 unspecified atom stereocenters. The van der Waals surface area contributed by atoms with Gasteiger partial charge >= 0.3 is 0 Å². The molecule has 0 aliphatic heterocycles. The Bertz CT molecular complexity index is 762. The van der Waals surface area contributed by atoms with E-state index < -0.39 is 0 Å². The smallest absolute Gasteiger partial charge is 0.180 e. The summed E-state index contributed by atoms with van der Waals surface area (Å²) >= 11 is 0. The van der Waals surface area contributed by atoms with Crippen LogP contribution in [0.1, 0.15) is 87.1 Å². The summed E-state index contributed by atoms with van der Waals surface area (Å²) in [6, 6.07) is 12.0. The summed E-state index contributed by atoms with van der Waals surface area (Å²) in [6.07, 6.45) is 0.459. The first-order valence-corrected chi connectivity index (χ1v) is 9.03. The average Bonchev–Trinajstić information content (AvgIpc) is 2.60. The van der Waals surface area contributed by atoms with Crippen molar-refractivity contribution < 1.29 is 4.79 Å². The molecule has 3 heteroatoms. The van der Waals surface area contributed by atoms with Gasteiger partial charge < -0.3 is 0 Å². The van der Waals surface area contributed by atoms with Gasteiger partial charge in [-0.05, 0) is 42.0 Å². The third kappa shape index (κ3) is 4.41. The fourth-order valence-corrected chi connectivity index (χ4v) is 2.84. The average molecular weight is 336 g/mol. The quantitative estimate of drug-likeness (QED) is 0.475. The van der Waals surface area contributed by atoms with Gasteiger partial charge in [-0.15, -0.1) is 0 Å². The molecule has 0 N–H and O–H groups in total. The highest BCUT2D eigenvalue weighted by atomic mass is 16.1. The van der Waals surface area contributed by atoms with E-state index >= 15 is 0 Å². The molecule has 1 aromatic heterocycles. The Balaban J connectivity index is 2.55. The number of rotatable bonds is 6. The Morgan fingerprint density at radius 2 is 1.48 bits per heavy atom. The number of hydrogen-bond donors (Lipinski definition) is 0. The fraction of sp³-hybridized carbons (Fsp3) is 0.409.